The van der Waals surface area contributed by atoms with Crippen molar-refractivity contribution >= 4 is 5.96 Å². The summed E-state index contributed by atoms with van der Waals surface area (Å²) in [5.41, 5.74) is 0.813. The summed E-state index contributed by atoms with van der Waals surface area (Å²) in [6, 6.07) is 7.10. The van der Waals surface area contributed by atoms with Crippen LogP contribution in [0.4, 0.5) is 4.39 Å². The van der Waals surface area contributed by atoms with Crippen molar-refractivity contribution in [3.05, 3.63) is 35.6 Å². The molecule has 0 radical (unpaired) electrons. The summed E-state index contributed by atoms with van der Waals surface area (Å²) in [5, 5.41) is 6.95. The first-order chi connectivity index (χ1) is 15.0. The van der Waals surface area contributed by atoms with Crippen molar-refractivity contribution in [1.82, 2.24) is 20.4 Å². The van der Waals surface area contributed by atoms with E-state index in [0.717, 1.165) is 83.4 Å². The Morgan fingerprint density at radius 3 is 2.52 bits per heavy atom. The number of hydrogen-bond donors (Lipinski definition) is 2. The molecule has 2 aliphatic heterocycles. The number of aliphatic imine (C=N–C) groups is 1. The van der Waals surface area contributed by atoms with E-state index in [1.807, 2.05) is 12.1 Å². The lowest BCUT2D eigenvalue weighted by atomic mass is 9.96. The Bertz CT molecular complexity index is 697. The normalized spacial score (nSPS) is 20.1. The van der Waals surface area contributed by atoms with Crippen LogP contribution in [0.25, 0.3) is 0 Å². The molecule has 0 spiro atoms. The van der Waals surface area contributed by atoms with E-state index in [2.05, 4.69) is 41.2 Å². The minimum atomic E-state index is -0.0993. The Hall–Kier alpha value is -1.70. The van der Waals surface area contributed by atoms with Gasteiger partial charge >= 0.3 is 0 Å². The molecule has 2 N–H and O–H groups in total. The van der Waals surface area contributed by atoms with Crippen LogP contribution in [0.2, 0.25) is 0 Å². The van der Waals surface area contributed by atoms with E-state index in [1.165, 1.54) is 0 Å². The Labute approximate surface area is 187 Å². The predicted octanol–water partition coefficient (Wildman–Crippen LogP) is 2.70. The molecule has 1 aromatic carbocycles. The van der Waals surface area contributed by atoms with Gasteiger partial charge in [0, 0.05) is 43.8 Å². The van der Waals surface area contributed by atoms with E-state index in [0.29, 0.717) is 12.5 Å². The van der Waals surface area contributed by atoms with Gasteiger partial charge in [0.05, 0.1) is 19.8 Å². The molecule has 0 aromatic heterocycles. The van der Waals surface area contributed by atoms with E-state index >= 15 is 0 Å². The van der Waals surface area contributed by atoms with Crippen LogP contribution in [0, 0.1) is 11.7 Å². The molecule has 174 valence electrons. The van der Waals surface area contributed by atoms with Gasteiger partial charge in [-0.05, 0) is 58.7 Å². The summed E-state index contributed by atoms with van der Waals surface area (Å²) in [7, 11) is 0. The van der Waals surface area contributed by atoms with Crippen LogP contribution < -0.4 is 10.6 Å². The molecule has 2 heterocycles. The fraction of sp³-hybridized carbons (Fsp3) is 0.708. The van der Waals surface area contributed by atoms with Gasteiger partial charge < -0.3 is 15.4 Å². The first-order valence-electron chi connectivity index (χ1n) is 11.8. The molecule has 0 bridgehead atoms. The second-order valence-electron chi connectivity index (χ2n) is 9.30. The van der Waals surface area contributed by atoms with Gasteiger partial charge in [-0.3, -0.25) is 14.8 Å². The van der Waals surface area contributed by atoms with E-state index in [9.17, 15) is 4.39 Å². The van der Waals surface area contributed by atoms with E-state index in [4.69, 9.17) is 9.73 Å². The molecule has 31 heavy (non-hydrogen) atoms. The summed E-state index contributed by atoms with van der Waals surface area (Å²) in [4.78, 5) is 9.71. The van der Waals surface area contributed by atoms with Gasteiger partial charge in [0.1, 0.15) is 5.82 Å². The Kier molecular flexibility index (Phi) is 9.11. The first-order valence-corrected chi connectivity index (χ1v) is 11.8. The van der Waals surface area contributed by atoms with Crippen molar-refractivity contribution in [3.63, 3.8) is 0 Å². The number of hydrogen-bond acceptors (Lipinski definition) is 4. The average molecular weight is 434 g/mol. The van der Waals surface area contributed by atoms with Gasteiger partial charge in [0.25, 0.3) is 0 Å². The van der Waals surface area contributed by atoms with Crippen LogP contribution in [0.15, 0.2) is 29.3 Å². The molecular weight excluding hydrogens is 393 g/mol. The predicted molar refractivity (Wildman–Crippen MR) is 125 cm³/mol. The molecule has 0 aliphatic carbocycles. The molecular formula is C24H40FN5O. The summed E-state index contributed by atoms with van der Waals surface area (Å²) >= 11 is 0. The maximum absolute atomic E-state index is 13.9. The van der Waals surface area contributed by atoms with Crippen molar-refractivity contribution in [3.8, 4) is 0 Å². The lowest BCUT2D eigenvalue weighted by molar-refractivity contribution is -0.00684. The highest BCUT2D eigenvalue weighted by molar-refractivity contribution is 5.79. The quantitative estimate of drug-likeness (QED) is 0.488. The fourth-order valence-electron chi connectivity index (χ4n) is 4.34. The third-order valence-electron chi connectivity index (χ3n) is 6.45. The zero-order valence-corrected chi connectivity index (χ0v) is 19.5. The minimum absolute atomic E-state index is 0.0180. The largest absolute Gasteiger partial charge is 0.379 e. The Balaban J connectivity index is 1.44. The van der Waals surface area contributed by atoms with E-state index in [1.54, 1.807) is 12.1 Å². The van der Waals surface area contributed by atoms with Crippen molar-refractivity contribution in [1.29, 1.82) is 0 Å². The maximum Gasteiger partial charge on any atom is 0.191 e. The molecule has 3 rings (SSSR count). The SMILES string of the molecule is CCNC(=NCC(C)(C)N1CCOCC1)NCC1CCN(Cc2ccccc2F)CC1. The van der Waals surface area contributed by atoms with Gasteiger partial charge in [-0.15, -0.1) is 0 Å². The molecule has 6 nitrogen and oxygen atoms in total. The van der Waals surface area contributed by atoms with Crippen LogP contribution in [0.3, 0.4) is 0 Å². The number of benzene rings is 1. The second kappa shape index (κ2) is 11.8. The van der Waals surface area contributed by atoms with Crippen LogP contribution in [-0.4, -0.2) is 80.3 Å². The summed E-state index contributed by atoms with van der Waals surface area (Å²) in [6.45, 7) is 15.4. The van der Waals surface area contributed by atoms with Crippen LogP contribution >= 0.6 is 0 Å². The number of piperidine rings is 1. The number of rotatable bonds is 8. The summed E-state index contributed by atoms with van der Waals surface area (Å²) in [6.07, 6.45) is 2.25. The van der Waals surface area contributed by atoms with Crippen LogP contribution in [0.1, 0.15) is 39.2 Å². The molecule has 7 heteroatoms. The first kappa shape index (κ1) is 24.0. The molecule has 0 atom stereocenters. The maximum atomic E-state index is 13.9. The molecule has 0 amide bonds. The molecule has 2 fully saturated rings. The van der Waals surface area contributed by atoms with E-state index in [-0.39, 0.29) is 11.4 Å². The summed E-state index contributed by atoms with van der Waals surface area (Å²) < 4.78 is 19.4. The highest BCUT2D eigenvalue weighted by Crippen LogP contribution is 2.20. The highest BCUT2D eigenvalue weighted by Gasteiger charge is 2.28. The zero-order chi connectivity index (χ0) is 22.1. The van der Waals surface area contributed by atoms with Crippen molar-refractivity contribution < 1.29 is 9.13 Å². The number of nitrogens with zero attached hydrogens (tertiary/aromatic N) is 3. The van der Waals surface area contributed by atoms with Gasteiger partial charge in [-0.25, -0.2) is 4.39 Å². The smallest absolute Gasteiger partial charge is 0.191 e. The monoisotopic (exact) mass is 433 g/mol. The van der Waals surface area contributed by atoms with Gasteiger partial charge in [-0.2, -0.15) is 0 Å². The van der Waals surface area contributed by atoms with E-state index < -0.39 is 0 Å². The van der Waals surface area contributed by atoms with Crippen LogP contribution in [0.5, 0.6) is 0 Å². The number of morpholine rings is 1. The van der Waals surface area contributed by atoms with Gasteiger partial charge in [-0.1, -0.05) is 18.2 Å². The molecule has 2 aliphatic rings. The number of nitrogens with one attached hydrogen (secondary N) is 2. The molecule has 1 aromatic rings. The minimum Gasteiger partial charge on any atom is -0.379 e. The molecule has 0 saturated carbocycles. The van der Waals surface area contributed by atoms with Gasteiger partial charge in [0.15, 0.2) is 5.96 Å². The standard InChI is InChI=1S/C24H40FN5O/c1-4-26-23(28-19-24(2,3)30-13-15-31-16-14-30)27-17-20-9-11-29(12-10-20)18-21-7-5-6-8-22(21)25/h5-8,20H,4,9-19H2,1-3H3,(H2,26,27,28). The number of guanidine groups is 1. The third kappa shape index (κ3) is 7.44. The number of ether oxygens (including phenoxy) is 1. The van der Waals surface area contributed by atoms with Crippen molar-refractivity contribution in [2.75, 3.05) is 59.0 Å². The lowest BCUT2D eigenvalue weighted by Gasteiger charge is -2.40. The fourth-order valence-corrected chi connectivity index (χ4v) is 4.34. The number of halogens is 1. The van der Waals surface area contributed by atoms with Crippen molar-refractivity contribution in [2.24, 2.45) is 10.9 Å². The zero-order valence-electron chi connectivity index (χ0n) is 19.5. The Morgan fingerprint density at radius 2 is 1.84 bits per heavy atom. The van der Waals surface area contributed by atoms with Crippen LogP contribution in [-0.2, 0) is 11.3 Å². The number of likely N-dealkylation sites (tertiary alicyclic amines) is 1. The lowest BCUT2D eigenvalue weighted by Crippen LogP contribution is -2.52. The third-order valence-corrected chi connectivity index (χ3v) is 6.45. The van der Waals surface area contributed by atoms with Crippen molar-refractivity contribution in [2.45, 2.75) is 45.7 Å². The van der Waals surface area contributed by atoms with Gasteiger partial charge in [0.2, 0.25) is 0 Å². The molecule has 0 unspecified atom stereocenters. The Morgan fingerprint density at radius 1 is 1.13 bits per heavy atom. The average Bonchev–Trinajstić information content (AvgIpc) is 2.79. The highest BCUT2D eigenvalue weighted by atomic mass is 19.1. The second-order valence-corrected chi connectivity index (χ2v) is 9.30. The molecule has 2 saturated heterocycles. The topological polar surface area (TPSA) is 52.1 Å². The summed E-state index contributed by atoms with van der Waals surface area (Å²) in [5.74, 6) is 1.42.